The van der Waals surface area contributed by atoms with Crippen LogP contribution in [0.15, 0.2) is 42.6 Å². The van der Waals surface area contributed by atoms with Crippen molar-refractivity contribution in [3.8, 4) is 0 Å². The highest BCUT2D eigenvalue weighted by molar-refractivity contribution is 5.93. The van der Waals surface area contributed by atoms with Crippen LogP contribution in [0.1, 0.15) is 34.1 Å². The number of nitrogens with zero attached hydrogens (tertiary/aromatic N) is 2. The van der Waals surface area contributed by atoms with Crippen LogP contribution in [0.2, 0.25) is 0 Å². The molecule has 0 aliphatic carbocycles. The fourth-order valence-electron chi connectivity index (χ4n) is 4.90. The molecule has 4 rings (SSSR count). The van der Waals surface area contributed by atoms with E-state index in [1.165, 1.54) is 11.1 Å². The molecule has 2 aliphatic rings. The lowest BCUT2D eigenvalue weighted by molar-refractivity contribution is 0.0693. The van der Waals surface area contributed by atoms with Gasteiger partial charge in [0.15, 0.2) is 0 Å². The van der Waals surface area contributed by atoms with E-state index in [-0.39, 0.29) is 11.9 Å². The first-order valence-corrected chi connectivity index (χ1v) is 9.90. The second-order valence-corrected chi connectivity index (χ2v) is 7.87. The van der Waals surface area contributed by atoms with E-state index in [1.54, 1.807) is 7.11 Å². The van der Waals surface area contributed by atoms with Crippen molar-refractivity contribution >= 4 is 5.91 Å². The topological polar surface area (TPSA) is 48.6 Å². The summed E-state index contributed by atoms with van der Waals surface area (Å²) in [6.45, 7) is 7.01. The normalized spacial score (nSPS) is 25.1. The van der Waals surface area contributed by atoms with Crippen LogP contribution in [-0.4, -0.2) is 60.6 Å². The van der Waals surface area contributed by atoms with Crippen LogP contribution in [0.3, 0.4) is 0 Å². The van der Waals surface area contributed by atoms with E-state index in [0.717, 1.165) is 39.2 Å². The molecule has 3 atom stereocenters. The lowest BCUT2D eigenvalue weighted by Crippen LogP contribution is -2.36. The molecule has 0 spiro atoms. The number of aromatic amines is 1. The van der Waals surface area contributed by atoms with Gasteiger partial charge in [0.25, 0.3) is 5.91 Å². The van der Waals surface area contributed by atoms with Crippen LogP contribution in [0.4, 0.5) is 0 Å². The van der Waals surface area contributed by atoms with Crippen molar-refractivity contribution in [2.75, 3.05) is 39.9 Å². The number of carbonyl (C=O) groups excluding carboxylic acids is 1. The minimum absolute atomic E-state index is 0.119. The SMILES string of the molecule is COCCCN1C[C@H]2CN(C(=O)c3ccc[nH]3)[C@H](c3ccccc3C)[C@H]2C1. The number of hydrogen-bond donors (Lipinski definition) is 1. The monoisotopic (exact) mass is 367 g/mol. The van der Waals surface area contributed by atoms with Crippen LogP contribution in [0.5, 0.6) is 0 Å². The number of fused-ring (bicyclic) bond motifs is 1. The highest BCUT2D eigenvalue weighted by atomic mass is 16.5. The average Bonchev–Trinajstić information content (AvgIpc) is 3.38. The molecule has 3 heterocycles. The number of aromatic nitrogens is 1. The van der Waals surface area contributed by atoms with Crippen molar-refractivity contribution in [2.24, 2.45) is 11.8 Å². The summed E-state index contributed by atoms with van der Waals surface area (Å²) < 4.78 is 5.21. The van der Waals surface area contributed by atoms with E-state index >= 15 is 0 Å². The largest absolute Gasteiger partial charge is 0.385 e. The van der Waals surface area contributed by atoms with Gasteiger partial charge in [0, 0.05) is 52.0 Å². The fourth-order valence-corrected chi connectivity index (χ4v) is 4.90. The highest BCUT2D eigenvalue weighted by Gasteiger charge is 2.49. The van der Waals surface area contributed by atoms with Gasteiger partial charge in [-0.2, -0.15) is 0 Å². The number of methoxy groups -OCH3 is 1. The second kappa shape index (κ2) is 7.87. The number of benzene rings is 1. The second-order valence-electron chi connectivity index (χ2n) is 7.87. The molecule has 0 unspecified atom stereocenters. The zero-order valence-corrected chi connectivity index (χ0v) is 16.2. The first kappa shape index (κ1) is 18.3. The smallest absolute Gasteiger partial charge is 0.270 e. The fraction of sp³-hybridized carbons (Fsp3) is 0.500. The molecule has 2 fully saturated rings. The van der Waals surface area contributed by atoms with Crippen molar-refractivity contribution in [2.45, 2.75) is 19.4 Å². The molecule has 5 nitrogen and oxygen atoms in total. The van der Waals surface area contributed by atoms with E-state index in [2.05, 4.69) is 46.0 Å². The van der Waals surface area contributed by atoms with E-state index in [1.807, 2.05) is 18.3 Å². The van der Waals surface area contributed by atoms with Crippen molar-refractivity contribution < 1.29 is 9.53 Å². The lowest BCUT2D eigenvalue weighted by Gasteiger charge is -2.30. The van der Waals surface area contributed by atoms with E-state index < -0.39 is 0 Å². The molecule has 2 aliphatic heterocycles. The van der Waals surface area contributed by atoms with Crippen LogP contribution < -0.4 is 0 Å². The Morgan fingerprint density at radius 3 is 2.78 bits per heavy atom. The maximum Gasteiger partial charge on any atom is 0.270 e. The van der Waals surface area contributed by atoms with Crippen molar-refractivity contribution in [3.63, 3.8) is 0 Å². The third-order valence-electron chi connectivity index (χ3n) is 6.16. The Labute approximate surface area is 161 Å². The molecule has 0 bridgehead atoms. The number of ether oxygens (including phenoxy) is 1. The van der Waals surface area contributed by atoms with Gasteiger partial charge in [-0.25, -0.2) is 0 Å². The van der Waals surface area contributed by atoms with Gasteiger partial charge in [-0.15, -0.1) is 0 Å². The number of hydrogen-bond acceptors (Lipinski definition) is 3. The number of carbonyl (C=O) groups is 1. The number of nitrogens with one attached hydrogen (secondary N) is 1. The molecule has 2 saturated heterocycles. The Morgan fingerprint density at radius 2 is 2.04 bits per heavy atom. The van der Waals surface area contributed by atoms with Gasteiger partial charge in [0.1, 0.15) is 5.69 Å². The summed E-state index contributed by atoms with van der Waals surface area (Å²) in [4.78, 5) is 20.9. The minimum Gasteiger partial charge on any atom is -0.385 e. The number of rotatable bonds is 6. The summed E-state index contributed by atoms with van der Waals surface area (Å²) in [6, 6.07) is 12.5. The van der Waals surface area contributed by atoms with E-state index in [9.17, 15) is 4.79 Å². The van der Waals surface area contributed by atoms with Gasteiger partial charge in [0.2, 0.25) is 0 Å². The van der Waals surface area contributed by atoms with Gasteiger partial charge in [-0.1, -0.05) is 24.3 Å². The predicted molar refractivity (Wildman–Crippen MR) is 106 cm³/mol. The van der Waals surface area contributed by atoms with Crippen LogP contribution >= 0.6 is 0 Å². The Kier molecular flexibility index (Phi) is 5.32. The molecule has 2 aromatic rings. The van der Waals surface area contributed by atoms with E-state index in [4.69, 9.17) is 4.74 Å². The van der Waals surface area contributed by atoms with Crippen LogP contribution in [0.25, 0.3) is 0 Å². The van der Waals surface area contributed by atoms with Gasteiger partial charge in [-0.05, 0) is 42.5 Å². The van der Waals surface area contributed by atoms with Gasteiger partial charge in [-0.3, -0.25) is 4.79 Å². The molecule has 1 amide bonds. The van der Waals surface area contributed by atoms with Gasteiger partial charge >= 0.3 is 0 Å². The van der Waals surface area contributed by atoms with E-state index in [0.29, 0.717) is 17.5 Å². The first-order chi connectivity index (χ1) is 13.2. The third-order valence-corrected chi connectivity index (χ3v) is 6.16. The molecule has 0 radical (unpaired) electrons. The van der Waals surface area contributed by atoms with Gasteiger partial charge < -0.3 is 19.5 Å². The summed E-state index contributed by atoms with van der Waals surface area (Å²) in [5, 5.41) is 0. The third kappa shape index (κ3) is 3.54. The Hall–Kier alpha value is -2.11. The number of aryl methyl sites for hydroxylation is 1. The maximum absolute atomic E-state index is 13.2. The number of amides is 1. The van der Waals surface area contributed by atoms with Crippen LogP contribution in [0, 0.1) is 18.8 Å². The zero-order chi connectivity index (χ0) is 18.8. The molecular weight excluding hydrogens is 338 g/mol. The molecule has 144 valence electrons. The quantitative estimate of drug-likeness (QED) is 0.798. The summed E-state index contributed by atoms with van der Waals surface area (Å²) in [7, 11) is 1.76. The Morgan fingerprint density at radius 1 is 1.19 bits per heavy atom. The first-order valence-electron chi connectivity index (χ1n) is 9.90. The zero-order valence-electron chi connectivity index (χ0n) is 16.2. The summed E-state index contributed by atoms with van der Waals surface area (Å²) >= 11 is 0. The molecule has 1 N–H and O–H groups in total. The minimum atomic E-state index is 0.119. The number of H-pyrrole nitrogens is 1. The molecule has 27 heavy (non-hydrogen) atoms. The van der Waals surface area contributed by atoms with Crippen molar-refractivity contribution in [3.05, 3.63) is 59.4 Å². The summed E-state index contributed by atoms with van der Waals surface area (Å²) in [5.74, 6) is 1.15. The predicted octanol–water partition coefficient (Wildman–Crippen LogP) is 3.10. The molecule has 1 aromatic heterocycles. The molecule has 5 heteroatoms. The maximum atomic E-state index is 13.2. The Balaban J connectivity index is 1.59. The highest BCUT2D eigenvalue weighted by Crippen LogP contribution is 2.46. The van der Waals surface area contributed by atoms with Gasteiger partial charge in [0.05, 0.1) is 6.04 Å². The van der Waals surface area contributed by atoms with Crippen molar-refractivity contribution in [1.29, 1.82) is 0 Å². The average molecular weight is 367 g/mol. The number of likely N-dealkylation sites (tertiary alicyclic amines) is 2. The summed E-state index contributed by atoms with van der Waals surface area (Å²) in [5.41, 5.74) is 3.25. The van der Waals surface area contributed by atoms with Crippen molar-refractivity contribution in [1.82, 2.24) is 14.8 Å². The molecule has 0 saturated carbocycles. The molecular formula is C22H29N3O2. The summed E-state index contributed by atoms with van der Waals surface area (Å²) in [6.07, 6.45) is 2.89. The Bertz CT molecular complexity index is 774. The lowest BCUT2D eigenvalue weighted by atomic mass is 9.87. The molecule has 1 aromatic carbocycles. The standard InChI is InChI=1S/C22H29N3O2/c1-16-7-3-4-8-18(16)21-19-15-24(11-6-12-27-2)13-17(19)14-25(21)22(26)20-9-5-10-23-20/h3-5,7-10,17,19,21,23H,6,11-15H2,1-2H3/t17-,19-,21+/m0/s1. The van der Waals surface area contributed by atoms with Crippen LogP contribution in [-0.2, 0) is 4.74 Å².